The monoisotopic (exact) mass is 351 g/mol. The summed E-state index contributed by atoms with van der Waals surface area (Å²) in [7, 11) is 0. The van der Waals surface area contributed by atoms with Crippen LogP contribution in [0.1, 0.15) is 62.3 Å². The second-order valence-electron chi connectivity index (χ2n) is 7.03. The molecule has 2 aromatic carbocycles. The van der Waals surface area contributed by atoms with Gasteiger partial charge in [0.1, 0.15) is 5.75 Å². The first kappa shape index (κ1) is 18.5. The lowest BCUT2D eigenvalue weighted by atomic mass is 9.88. The maximum atomic E-state index is 12.8. The molecule has 1 N–H and O–H groups in total. The van der Waals surface area contributed by atoms with E-state index in [9.17, 15) is 4.79 Å². The van der Waals surface area contributed by atoms with Crippen LogP contribution in [0.5, 0.6) is 5.75 Å². The van der Waals surface area contributed by atoms with Crippen molar-refractivity contribution in [3.8, 4) is 5.75 Å². The fraction of sp³-hybridized carbons (Fsp3) is 0.435. The summed E-state index contributed by atoms with van der Waals surface area (Å²) >= 11 is 0. The maximum Gasteiger partial charge on any atom is 0.261 e. The highest BCUT2D eigenvalue weighted by Gasteiger charge is 2.22. The van der Waals surface area contributed by atoms with Crippen LogP contribution in [0.2, 0.25) is 0 Å². The zero-order valence-electron chi connectivity index (χ0n) is 15.8. The van der Waals surface area contributed by atoms with Gasteiger partial charge in [0.25, 0.3) is 5.91 Å². The molecule has 0 radical (unpaired) electrons. The van der Waals surface area contributed by atoms with Gasteiger partial charge in [0.05, 0.1) is 6.04 Å². The van der Waals surface area contributed by atoms with Gasteiger partial charge in [0.15, 0.2) is 6.10 Å². The Morgan fingerprint density at radius 3 is 2.42 bits per heavy atom. The number of benzene rings is 2. The lowest BCUT2D eigenvalue weighted by molar-refractivity contribution is -0.128. The van der Waals surface area contributed by atoms with E-state index < -0.39 is 6.10 Å². The van der Waals surface area contributed by atoms with Crippen LogP contribution in [-0.2, 0) is 17.6 Å². The Hall–Kier alpha value is -2.29. The molecular weight excluding hydrogens is 322 g/mol. The van der Waals surface area contributed by atoms with Crippen molar-refractivity contribution in [2.75, 3.05) is 0 Å². The van der Waals surface area contributed by atoms with Gasteiger partial charge in [-0.3, -0.25) is 4.79 Å². The van der Waals surface area contributed by atoms with Crippen molar-refractivity contribution in [3.63, 3.8) is 0 Å². The lowest BCUT2D eigenvalue weighted by Gasteiger charge is -2.24. The molecule has 0 heterocycles. The fourth-order valence-electron chi connectivity index (χ4n) is 3.64. The van der Waals surface area contributed by atoms with Crippen LogP contribution in [0.4, 0.5) is 0 Å². The first-order valence-corrected chi connectivity index (χ1v) is 9.85. The fourth-order valence-corrected chi connectivity index (χ4v) is 3.64. The first-order chi connectivity index (χ1) is 12.7. The van der Waals surface area contributed by atoms with E-state index in [4.69, 9.17) is 4.74 Å². The zero-order valence-corrected chi connectivity index (χ0v) is 15.8. The Kier molecular flexibility index (Phi) is 6.32. The van der Waals surface area contributed by atoms with E-state index in [-0.39, 0.29) is 11.9 Å². The van der Waals surface area contributed by atoms with Crippen LogP contribution in [0.3, 0.4) is 0 Å². The summed E-state index contributed by atoms with van der Waals surface area (Å²) in [6, 6.07) is 16.3. The van der Waals surface area contributed by atoms with E-state index in [1.54, 1.807) is 0 Å². The van der Waals surface area contributed by atoms with Crippen LogP contribution in [0, 0.1) is 0 Å². The van der Waals surface area contributed by atoms with Crippen molar-refractivity contribution in [2.24, 2.45) is 0 Å². The number of ether oxygens (including phenoxy) is 1. The topological polar surface area (TPSA) is 38.3 Å². The summed E-state index contributed by atoms with van der Waals surface area (Å²) in [5.41, 5.74) is 4.13. The molecule has 0 unspecified atom stereocenters. The average Bonchev–Trinajstić information content (AvgIpc) is 2.70. The summed E-state index contributed by atoms with van der Waals surface area (Å²) in [5, 5.41) is 3.20. The average molecular weight is 351 g/mol. The second-order valence-corrected chi connectivity index (χ2v) is 7.03. The summed E-state index contributed by atoms with van der Waals surface area (Å²) in [6.07, 6.45) is 5.93. The highest BCUT2D eigenvalue weighted by atomic mass is 16.5. The van der Waals surface area contributed by atoms with Crippen LogP contribution in [0.15, 0.2) is 48.5 Å². The number of amides is 1. The lowest BCUT2D eigenvalue weighted by Crippen LogP contribution is -2.40. The predicted molar refractivity (Wildman–Crippen MR) is 105 cm³/mol. The Bertz CT molecular complexity index is 726. The third kappa shape index (κ3) is 4.46. The van der Waals surface area contributed by atoms with E-state index in [0.29, 0.717) is 6.42 Å². The number of rotatable bonds is 7. The van der Waals surface area contributed by atoms with Gasteiger partial charge in [-0.25, -0.2) is 0 Å². The molecule has 26 heavy (non-hydrogen) atoms. The van der Waals surface area contributed by atoms with Gasteiger partial charge in [-0.2, -0.15) is 0 Å². The van der Waals surface area contributed by atoms with Crippen molar-refractivity contribution in [1.82, 2.24) is 5.32 Å². The van der Waals surface area contributed by atoms with Gasteiger partial charge in [-0.1, -0.05) is 50.2 Å². The predicted octanol–water partition coefficient (Wildman–Crippen LogP) is 4.99. The van der Waals surface area contributed by atoms with Crippen LogP contribution >= 0.6 is 0 Å². The number of carbonyl (C=O) groups excluding carboxylic acids is 1. The normalized spacial score (nSPS) is 15.6. The van der Waals surface area contributed by atoms with Crippen molar-refractivity contribution < 1.29 is 9.53 Å². The molecule has 2 aromatic rings. The summed E-state index contributed by atoms with van der Waals surface area (Å²) in [6.45, 7) is 4.09. The van der Waals surface area contributed by atoms with Crippen LogP contribution in [-0.4, -0.2) is 12.0 Å². The summed E-state index contributed by atoms with van der Waals surface area (Å²) in [4.78, 5) is 12.8. The molecule has 2 atom stereocenters. The van der Waals surface area contributed by atoms with E-state index in [1.807, 2.05) is 37.3 Å². The molecule has 1 aliphatic carbocycles. The minimum atomic E-state index is -0.468. The molecule has 138 valence electrons. The standard InChI is InChI=1S/C23H29NO2/c1-3-21(19-15-14-17-10-8-9-11-18(17)16-19)24-23(25)22(4-2)26-20-12-6-5-7-13-20/h5-7,12-16,21-22H,3-4,8-11H2,1-2H3,(H,24,25)/t21-,22-/m0/s1. The number of hydrogen-bond acceptors (Lipinski definition) is 2. The maximum absolute atomic E-state index is 12.8. The minimum absolute atomic E-state index is 0.0307. The van der Waals surface area contributed by atoms with Gasteiger partial charge in [-0.15, -0.1) is 0 Å². The molecule has 0 aromatic heterocycles. The molecule has 1 aliphatic rings. The largest absolute Gasteiger partial charge is 0.481 e. The quantitative estimate of drug-likeness (QED) is 0.763. The number of carbonyl (C=O) groups is 1. The second kappa shape index (κ2) is 8.88. The van der Waals surface area contributed by atoms with Gasteiger partial charge < -0.3 is 10.1 Å². The molecule has 0 fully saturated rings. The van der Waals surface area contributed by atoms with Gasteiger partial charge >= 0.3 is 0 Å². The third-order valence-corrected chi connectivity index (χ3v) is 5.18. The van der Waals surface area contributed by atoms with Crippen LogP contribution < -0.4 is 10.1 Å². The molecule has 3 rings (SSSR count). The first-order valence-electron chi connectivity index (χ1n) is 9.85. The number of hydrogen-bond donors (Lipinski definition) is 1. The molecule has 0 saturated carbocycles. The number of aryl methyl sites for hydroxylation is 2. The van der Waals surface area contributed by atoms with E-state index >= 15 is 0 Å². The van der Waals surface area contributed by atoms with Crippen molar-refractivity contribution in [2.45, 2.75) is 64.5 Å². The van der Waals surface area contributed by atoms with Gasteiger partial charge in [-0.05, 0) is 67.3 Å². The minimum Gasteiger partial charge on any atom is -0.481 e. The number of nitrogens with one attached hydrogen (secondary N) is 1. The Labute approximate surface area is 156 Å². The van der Waals surface area contributed by atoms with Crippen molar-refractivity contribution >= 4 is 5.91 Å². The van der Waals surface area contributed by atoms with E-state index in [0.717, 1.165) is 18.6 Å². The summed E-state index contributed by atoms with van der Waals surface area (Å²) < 4.78 is 5.89. The van der Waals surface area contributed by atoms with Crippen LogP contribution in [0.25, 0.3) is 0 Å². The third-order valence-electron chi connectivity index (χ3n) is 5.18. The summed E-state index contributed by atoms with van der Waals surface area (Å²) in [5.74, 6) is 0.692. The Morgan fingerprint density at radius 2 is 1.73 bits per heavy atom. The molecule has 0 bridgehead atoms. The van der Waals surface area contributed by atoms with E-state index in [1.165, 1.54) is 36.0 Å². The molecule has 0 spiro atoms. The highest BCUT2D eigenvalue weighted by Crippen LogP contribution is 2.26. The Balaban J connectivity index is 1.69. The number of fused-ring (bicyclic) bond motifs is 1. The SMILES string of the molecule is CC[C@H](Oc1ccccc1)C(=O)N[C@@H](CC)c1ccc2c(c1)CCCC2. The molecule has 3 nitrogen and oxygen atoms in total. The smallest absolute Gasteiger partial charge is 0.261 e. The molecule has 0 saturated heterocycles. The molecular formula is C23H29NO2. The molecule has 3 heteroatoms. The molecule has 0 aliphatic heterocycles. The van der Waals surface area contributed by atoms with Crippen molar-refractivity contribution in [1.29, 1.82) is 0 Å². The van der Waals surface area contributed by atoms with E-state index in [2.05, 4.69) is 30.4 Å². The van der Waals surface area contributed by atoms with Gasteiger partial charge in [0, 0.05) is 0 Å². The number of para-hydroxylation sites is 1. The van der Waals surface area contributed by atoms with Crippen molar-refractivity contribution in [3.05, 3.63) is 65.2 Å². The molecule has 1 amide bonds. The highest BCUT2D eigenvalue weighted by molar-refractivity contribution is 5.81. The van der Waals surface area contributed by atoms with Gasteiger partial charge in [0.2, 0.25) is 0 Å². The Morgan fingerprint density at radius 1 is 1.00 bits per heavy atom. The zero-order chi connectivity index (χ0) is 18.4.